The number of hydrogen-bond donors (Lipinski definition) is 0. The Kier molecular flexibility index (Phi) is 5.81. The molecule has 28 heavy (non-hydrogen) atoms. The summed E-state index contributed by atoms with van der Waals surface area (Å²) in [5.41, 5.74) is 4.69. The van der Waals surface area contributed by atoms with Crippen molar-refractivity contribution >= 4 is 7.82 Å². The Labute approximate surface area is 166 Å². The molecular weight excluding hydrogens is 371 g/mol. The van der Waals surface area contributed by atoms with Gasteiger partial charge in [-0.05, 0) is 80.6 Å². The van der Waals surface area contributed by atoms with E-state index >= 15 is 0 Å². The molecule has 3 aromatic rings. The molecule has 0 saturated carbocycles. The molecule has 5 heteroatoms. The fourth-order valence-electron chi connectivity index (χ4n) is 2.72. The van der Waals surface area contributed by atoms with Crippen molar-refractivity contribution in [2.24, 2.45) is 0 Å². The minimum atomic E-state index is -4.01. The zero-order valence-electron chi connectivity index (χ0n) is 16.9. The quantitative estimate of drug-likeness (QED) is 0.426. The van der Waals surface area contributed by atoms with E-state index in [-0.39, 0.29) is 0 Å². The second-order valence-electron chi connectivity index (χ2n) is 6.88. The number of aryl methyl sites for hydroxylation is 3. The molecule has 4 nitrogen and oxygen atoms in total. The highest BCUT2D eigenvalue weighted by molar-refractivity contribution is 7.49. The fourth-order valence-corrected chi connectivity index (χ4v) is 4.16. The van der Waals surface area contributed by atoms with E-state index in [1.807, 2.05) is 77.1 Å². The van der Waals surface area contributed by atoms with Gasteiger partial charge in [-0.2, -0.15) is 4.57 Å². The van der Waals surface area contributed by atoms with Crippen LogP contribution in [0.1, 0.15) is 27.8 Å². The first kappa shape index (κ1) is 20.0. The lowest BCUT2D eigenvalue weighted by molar-refractivity contribution is 0.296. The van der Waals surface area contributed by atoms with Crippen LogP contribution in [0.4, 0.5) is 0 Å². The third kappa shape index (κ3) is 4.40. The van der Waals surface area contributed by atoms with Crippen molar-refractivity contribution < 1.29 is 18.1 Å². The Bertz CT molecular complexity index is 985. The Morgan fingerprint density at radius 1 is 0.536 bits per heavy atom. The molecule has 146 valence electrons. The molecule has 0 unspecified atom stereocenters. The van der Waals surface area contributed by atoms with Gasteiger partial charge in [0.25, 0.3) is 0 Å². The van der Waals surface area contributed by atoms with Gasteiger partial charge in [-0.25, -0.2) is 0 Å². The predicted molar refractivity (Wildman–Crippen MR) is 113 cm³/mol. The predicted octanol–water partition coefficient (Wildman–Crippen LogP) is 6.87. The molecule has 0 fully saturated rings. The third-order valence-electron chi connectivity index (χ3n) is 4.83. The van der Waals surface area contributed by atoms with E-state index in [9.17, 15) is 4.57 Å². The van der Waals surface area contributed by atoms with Gasteiger partial charge in [-0.15, -0.1) is 0 Å². The molecule has 0 aliphatic rings. The van der Waals surface area contributed by atoms with Crippen LogP contribution in [0.5, 0.6) is 17.2 Å². The normalized spacial score (nSPS) is 11.2. The van der Waals surface area contributed by atoms with Crippen LogP contribution in [-0.4, -0.2) is 0 Å². The van der Waals surface area contributed by atoms with Crippen molar-refractivity contribution in [2.75, 3.05) is 0 Å². The molecule has 0 bridgehead atoms. The second-order valence-corrected chi connectivity index (χ2v) is 8.32. The Hall–Kier alpha value is -2.71. The number of phosphoric acid groups is 1. The summed E-state index contributed by atoms with van der Waals surface area (Å²) < 4.78 is 31.3. The molecule has 0 aliphatic heterocycles. The summed E-state index contributed by atoms with van der Waals surface area (Å²) in [6.45, 7) is 9.67. The first-order chi connectivity index (χ1) is 13.3. The lowest BCUT2D eigenvalue weighted by Crippen LogP contribution is -2.10. The highest BCUT2D eigenvalue weighted by atomic mass is 31.2. The number of phosphoric ester groups is 1. The molecular formula is C23H25O4P. The monoisotopic (exact) mass is 396 g/mol. The lowest BCUT2D eigenvalue weighted by atomic mass is 10.1. The van der Waals surface area contributed by atoms with Crippen molar-refractivity contribution in [3.63, 3.8) is 0 Å². The van der Waals surface area contributed by atoms with Crippen molar-refractivity contribution in [1.29, 1.82) is 0 Å². The number of hydrogen-bond acceptors (Lipinski definition) is 4. The van der Waals surface area contributed by atoms with E-state index in [4.69, 9.17) is 13.6 Å². The highest BCUT2D eigenvalue weighted by Gasteiger charge is 2.35. The van der Waals surface area contributed by atoms with Crippen LogP contribution >= 0.6 is 7.82 Å². The van der Waals surface area contributed by atoms with Gasteiger partial charge in [0.05, 0.1) is 0 Å². The molecule has 3 rings (SSSR count). The summed E-state index contributed by atoms with van der Waals surface area (Å²) in [5.74, 6) is 1.41. The maximum absolute atomic E-state index is 13.7. The minimum Gasteiger partial charge on any atom is -0.386 e. The number of rotatable bonds is 6. The topological polar surface area (TPSA) is 44.8 Å². The summed E-state index contributed by atoms with van der Waals surface area (Å²) in [7, 11) is -4.01. The molecule has 0 heterocycles. The number of para-hydroxylation sites is 1. The highest BCUT2D eigenvalue weighted by Crippen LogP contribution is 2.51. The molecule has 0 amide bonds. The second kappa shape index (κ2) is 8.12. The third-order valence-corrected chi connectivity index (χ3v) is 6.09. The SMILES string of the molecule is Cc1ccccc1OP(=O)(Oc1cccc(C)c1C)Oc1cccc(C)c1C. The van der Waals surface area contributed by atoms with E-state index in [2.05, 4.69) is 0 Å². The van der Waals surface area contributed by atoms with Crippen molar-refractivity contribution in [1.82, 2.24) is 0 Å². The van der Waals surface area contributed by atoms with Crippen LogP contribution in [0.15, 0.2) is 60.7 Å². The van der Waals surface area contributed by atoms with E-state index in [0.29, 0.717) is 17.2 Å². The van der Waals surface area contributed by atoms with Crippen LogP contribution in [0.25, 0.3) is 0 Å². The van der Waals surface area contributed by atoms with Gasteiger partial charge in [0, 0.05) is 0 Å². The largest absolute Gasteiger partial charge is 0.647 e. The fraction of sp³-hybridized carbons (Fsp3) is 0.217. The molecule has 0 radical (unpaired) electrons. The smallest absolute Gasteiger partial charge is 0.386 e. The number of benzene rings is 3. The molecule has 0 aliphatic carbocycles. The molecule has 0 aromatic heterocycles. The zero-order chi connectivity index (χ0) is 20.3. The van der Waals surface area contributed by atoms with Gasteiger partial charge in [0.2, 0.25) is 0 Å². The van der Waals surface area contributed by atoms with Gasteiger partial charge < -0.3 is 13.6 Å². The maximum atomic E-state index is 13.7. The Morgan fingerprint density at radius 2 is 0.929 bits per heavy atom. The van der Waals surface area contributed by atoms with Crippen molar-refractivity contribution in [3.8, 4) is 17.2 Å². The molecule has 3 aromatic carbocycles. The average Bonchev–Trinajstić information content (AvgIpc) is 2.65. The van der Waals surface area contributed by atoms with Crippen LogP contribution in [0.3, 0.4) is 0 Å². The standard InChI is InChI=1S/C23H25O4P/c1-16-11-8-14-22(19(16)4)26-28(24,25-21-13-7-6-10-18(21)3)27-23-15-9-12-17(2)20(23)5/h6-15H,1-5H3. The minimum absolute atomic E-state index is 0.460. The summed E-state index contributed by atoms with van der Waals surface area (Å²) in [6, 6.07) is 18.5. The van der Waals surface area contributed by atoms with Gasteiger partial charge in [0.1, 0.15) is 17.2 Å². The van der Waals surface area contributed by atoms with E-state index in [1.165, 1.54) is 0 Å². The molecule has 0 saturated heterocycles. The van der Waals surface area contributed by atoms with Crippen LogP contribution in [-0.2, 0) is 4.57 Å². The average molecular weight is 396 g/mol. The van der Waals surface area contributed by atoms with Crippen LogP contribution in [0.2, 0.25) is 0 Å². The van der Waals surface area contributed by atoms with Crippen LogP contribution in [0, 0.1) is 34.6 Å². The van der Waals surface area contributed by atoms with E-state index in [1.54, 1.807) is 18.2 Å². The maximum Gasteiger partial charge on any atom is 0.647 e. The molecule has 0 N–H and O–H groups in total. The van der Waals surface area contributed by atoms with Crippen molar-refractivity contribution in [2.45, 2.75) is 34.6 Å². The first-order valence-corrected chi connectivity index (χ1v) is 10.6. The Morgan fingerprint density at radius 3 is 1.43 bits per heavy atom. The molecule has 0 spiro atoms. The van der Waals surface area contributed by atoms with Gasteiger partial charge in [0.15, 0.2) is 0 Å². The first-order valence-electron chi connectivity index (χ1n) is 9.16. The lowest BCUT2D eigenvalue weighted by Gasteiger charge is -2.22. The Balaban J connectivity index is 2.02. The summed E-state index contributed by atoms with van der Waals surface area (Å²) in [4.78, 5) is 0. The van der Waals surface area contributed by atoms with E-state index < -0.39 is 7.82 Å². The van der Waals surface area contributed by atoms with Gasteiger partial charge in [-0.1, -0.05) is 42.5 Å². The van der Waals surface area contributed by atoms with Crippen molar-refractivity contribution in [3.05, 3.63) is 88.5 Å². The molecule has 0 atom stereocenters. The van der Waals surface area contributed by atoms with Gasteiger partial charge >= 0.3 is 7.82 Å². The summed E-state index contributed by atoms with van der Waals surface area (Å²) in [5, 5.41) is 0. The van der Waals surface area contributed by atoms with Crippen LogP contribution < -0.4 is 13.6 Å². The zero-order valence-corrected chi connectivity index (χ0v) is 17.7. The van der Waals surface area contributed by atoms with Gasteiger partial charge in [-0.3, -0.25) is 0 Å². The summed E-state index contributed by atoms with van der Waals surface area (Å²) >= 11 is 0. The van der Waals surface area contributed by atoms with E-state index in [0.717, 1.165) is 27.8 Å². The summed E-state index contributed by atoms with van der Waals surface area (Å²) in [6.07, 6.45) is 0.